The van der Waals surface area contributed by atoms with Gasteiger partial charge in [0.25, 0.3) is 0 Å². The number of sulfonamides is 1. The minimum absolute atomic E-state index is 0.267. The summed E-state index contributed by atoms with van der Waals surface area (Å²) in [7, 11) is -3.67. The van der Waals surface area contributed by atoms with Crippen LogP contribution in [0.2, 0.25) is 0 Å². The van der Waals surface area contributed by atoms with Crippen LogP contribution >= 0.6 is 11.6 Å². The molecule has 108 valence electrons. The van der Waals surface area contributed by atoms with Crippen molar-refractivity contribution in [1.29, 1.82) is 0 Å². The molecule has 0 aliphatic heterocycles. The van der Waals surface area contributed by atoms with E-state index in [1.165, 1.54) is 0 Å². The van der Waals surface area contributed by atoms with Gasteiger partial charge in [0, 0.05) is 17.8 Å². The van der Waals surface area contributed by atoms with Crippen LogP contribution in [0.3, 0.4) is 0 Å². The van der Waals surface area contributed by atoms with Gasteiger partial charge in [-0.15, -0.1) is 11.6 Å². The van der Waals surface area contributed by atoms with Gasteiger partial charge in [-0.25, -0.2) is 13.1 Å². The summed E-state index contributed by atoms with van der Waals surface area (Å²) >= 11 is 5.99. The van der Waals surface area contributed by atoms with Crippen LogP contribution in [-0.2, 0) is 10.0 Å². The Balaban J connectivity index is 2.39. The molecule has 1 N–H and O–H groups in total. The highest BCUT2D eigenvalue weighted by molar-refractivity contribution is 7.89. The molecule has 18 heavy (non-hydrogen) atoms. The normalized spacial score (nSPS) is 26.2. The third-order valence-corrected chi connectivity index (χ3v) is 4.90. The number of alkyl halides is 4. The van der Waals surface area contributed by atoms with E-state index in [0.29, 0.717) is 6.42 Å². The maximum absolute atomic E-state index is 11.9. The van der Waals surface area contributed by atoms with Crippen LogP contribution in [0.15, 0.2) is 0 Å². The second-order valence-corrected chi connectivity index (χ2v) is 7.00. The second-order valence-electron chi connectivity index (χ2n) is 4.56. The van der Waals surface area contributed by atoms with Crippen molar-refractivity contribution in [2.75, 3.05) is 5.75 Å². The van der Waals surface area contributed by atoms with Crippen LogP contribution < -0.4 is 4.72 Å². The molecule has 2 unspecified atom stereocenters. The van der Waals surface area contributed by atoms with Crippen molar-refractivity contribution in [2.45, 2.75) is 56.1 Å². The Labute approximate surface area is 110 Å². The van der Waals surface area contributed by atoms with Crippen LogP contribution in [0, 0.1) is 0 Å². The van der Waals surface area contributed by atoms with Crippen molar-refractivity contribution in [3.63, 3.8) is 0 Å². The van der Waals surface area contributed by atoms with Gasteiger partial charge >= 0.3 is 6.18 Å². The van der Waals surface area contributed by atoms with Crippen LogP contribution in [0.25, 0.3) is 0 Å². The Morgan fingerprint density at radius 2 is 1.83 bits per heavy atom. The highest BCUT2D eigenvalue weighted by atomic mass is 35.5. The first kappa shape index (κ1) is 16.0. The molecule has 0 amide bonds. The van der Waals surface area contributed by atoms with Crippen LogP contribution in [0.1, 0.15) is 38.5 Å². The van der Waals surface area contributed by atoms with Crippen molar-refractivity contribution in [1.82, 2.24) is 4.72 Å². The van der Waals surface area contributed by atoms with Gasteiger partial charge < -0.3 is 0 Å². The van der Waals surface area contributed by atoms with E-state index in [2.05, 4.69) is 4.72 Å². The van der Waals surface area contributed by atoms with Gasteiger partial charge in [0.15, 0.2) is 0 Å². The number of hydrogen-bond acceptors (Lipinski definition) is 2. The molecule has 1 aliphatic carbocycles. The van der Waals surface area contributed by atoms with Gasteiger partial charge in [0.2, 0.25) is 10.0 Å². The van der Waals surface area contributed by atoms with E-state index in [4.69, 9.17) is 11.6 Å². The fraction of sp³-hybridized carbons (Fsp3) is 1.00. The molecule has 0 spiro atoms. The average Bonchev–Trinajstić information content (AvgIpc) is 2.18. The molecular formula is C10H17ClF3NO2S. The lowest BCUT2D eigenvalue weighted by atomic mass is 9.96. The van der Waals surface area contributed by atoms with Gasteiger partial charge in [0.1, 0.15) is 0 Å². The Bertz CT molecular complexity index is 359. The highest BCUT2D eigenvalue weighted by Gasteiger charge is 2.30. The fourth-order valence-electron chi connectivity index (χ4n) is 1.97. The largest absolute Gasteiger partial charge is 0.389 e. The molecular weight excluding hydrogens is 291 g/mol. The van der Waals surface area contributed by atoms with Crippen molar-refractivity contribution < 1.29 is 21.6 Å². The molecule has 0 heterocycles. The summed E-state index contributed by atoms with van der Waals surface area (Å²) in [6, 6.07) is -0.351. The van der Waals surface area contributed by atoms with Gasteiger partial charge in [-0.2, -0.15) is 13.2 Å². The molecule has 8 heteroatoms. The lowest BCUT2D eigenvalue weighted by Gasteiger charge is -2.27. The molecule has 0 aromatic heterocycles. The van der Waals surface area contributed by atoms with Gasteiger partial charge in [-0.1, -0.05) is 12.8 Å². The maximum atomic E-state index is 11.9. The van der Waals surface area contributed by atoms with E-state index in [1.807, 2.05) is 0 Å². The maximum Gasteiger partial charge on any atom is 0.389 e. The SMILES string of the molecule is O=S(=O)(CCCC(F)(F)F)NC1CCCCC1Cl. The monoisotopic (exact) mass is 307 g/mol. The highest BCUT2D eigenvalue weighted by Crippen LogP contribution is 2.24. The molecule has 0 bridgehead atoms. The number of rotatable bonds is 5. The minimum atomic E-state index is -4.31. The molecule has 1 fully saturated rings. The van der Waals surface area contributed by atoms with Crippen LogP contribution in [0.4, 0.5) is 13.2 Å². The first-order chi connectivity index (χ1) is 8.20. The molecule has 2 atom stereocenters. The predicted molar refractivity (Wildman–Crippen MR) is 64.1 cm³/mol. The van der Waals surface area contributed by atoms with Gasteiger partial charge in [-0.05, 0) is 19.3 Å². The summed E-state index contributed by atoms with van der Waals surface area (Å²) < 4.78 is 61.3. The fourth-order valence-corrected chi connectivity index (χ4v) is 3.77. The lowest BCUT2D eigenvalue weighted by molar-refractivity contribution is -0.134. The molecule has 1 rings (SSSR count). The van der Waals surface area contributed by atoms with E-state index < -0.39 is 34.8 Å². The third-order valence-electron chi connectivity index (χ3n) is 2.89. The van der Waals surface area contributed by atoms with E-state index in [1.54, 1.807) is 0 Å². The standard InChI is InChI=1S/C10H17ClF3NO2S/c11-8-4-1-2-5-9(8)15-18(16,17)7-3-6-10(12,13)14/h8-9,15H,1-7H2. The van der Waals surface area contributed by atoms with Gasteiger partial charge in [0.05, 0.1) is 5.75 Å². The van der Waals surface area contributed by atoms with E-state index in [0.717, 1.165) is 19.3 Å². The van der Waals surface area contributed by atoms with E-state index in [-0.39, 0.29) is 11.4 Å². The van der Waals surface area contributed by atoms with Crippen molar-refractivity contribution >= 4 is 21.6 Å². The summed E-state index contributed by atoms with van der Waals surface area (Å²) in [5.41, 5.74) is 0. The van der Waals surface area contributed by atoms with Crippen molar-refractivity contribution in [3.05, 3.63) is 0 Å². The Kier molecular flexibility index (Phi) is 5.73. The Hall–Kier alpha value is -0.0100. The molecule has 0 aromatic carbocycles. The summed E-state index contributed by atoms with van der Waals surface area (Å²) in [5.74, 6) is -0.507. The van der Waals surface area contributed by atoms with Crippen LogP contribution in [-0.4, -0.2) is 31.8 Å². The number of nitrogens with one attached hydrogen (secondary N) is 1. The molecule has 0 saturated heterocycles. The van der Waals surface area contributed by atoms with Gasteiger partial charge in [-0.3, -0.25) is 0 Å². The first-order valence-corrected chi connectivity index (χ1v) is 7.99. The summed E-state index contributed by atoms with van der Waals surface area (Å²) in [6.07, 6.45) is -2.58. The zero-order valence-corrected chi connectivity index (χ0v) is 11.4. The van der Waals surface area contributed by atoms with Crippen LogP contribution in [0.5, 0.6) is 0 Å². The summed E-state index contributed by atoms with van der Waals surface area (Å²) in [6.45, 7) is 0. The summed E-state index contributed by atoms with van der Waals surface area (Å²) in [5, 5.41) is -0.267. The smallest absolute Gasteiger partial charge is 0.212 e. The topological polar surface area (TPSA) is 46.2 Å². The number of hydrogen-bond donors (Lipinski definition) is 1. The third kappa shape index (κ3) is 6.24. The Morgan fingerprint density at radius 3 is 2.39 bits per heavy atom. The molecule has 3 nitrogen and oxygen atoms in total. The predicted octanol–water partition coefficient (Wildman–Crippen LogP) is 2.80. The zero-order valence-electron chi connectivity index (χ0n) is 9.84. The molecule has 1 aliphatic rings. The molecule has 0 aromatic rings. The molecule has 1 saturated carbocycles. The number of halogens is 4. The lowest BCUT2D eigenvalue weighted by Crippen LogP contribution is -2.43. The van der Waals surface area contributed by atoms with E-state index >= 15 is 0 Å². The minimum Gasteiger partial charge on any atom is -0.212 e. The first-order valence-electron chi connectivity index (χ1n) is 5.90. The average molecular weight is 308 g/mol. The molecule has 0 radical (unpaired) electrons. The van der Waals surface area contributed by atoms with E-state index in [9.17, 15) is 21.6 Å². The quantitative estimate of drug-likeness (QED) is 0.794. The summed E-state index contributed by atoms with van der Waals surface area (Å²) in [4.78, 5) is 0. The Morgan fingerprint density at radius 1 is 1.22 bits per heavy atom. The van der Waals surface area contributed by atoms with Crippen molar-refractivity contribution in [3.8, 4) is 0 Å². The second kappa shape index (κ2) is 6.43. The van der Waals surface area contributed by atoms with Crippen molar-refractivity contribution in [2.24, 2.45) is 0 Å². The zero-order chi connectivity index (χ0) is 13.8.